The van der Waals surface area contributed by atoms with Crippen molar-refractivity contribution in [3.63, 3.8) is 0 Å². The Morgan fingerprint density at radius 2 is 2.06 bits per heavy atom. The number of aromatic nitrogens is 2. The molecule has 1 aliphatic rings. The summed E-state index contributed by atoms with van der Waals surface area (Å²) in [5.41, 5.74) is 1.69. The van der Waals surface area contributed by atoms with Gasteiger partial charge in [-0.2, -0.15) is 0 Å². The Hall–Kier alpha value is -2.81. The number of hydrogen-bond donors (Lipinski definition) is 1. The Bertz CT molecular complexity index is 1260. The maximum Gasteiger partial charge on any atom is 0.414 e. The average Bonchev–Trinajstić information content (AvgIpc) is 3.54. The highest BCUT2D eigenvalue weighted by Gasteiger charge is 2.22. The zero-order chi connectivity index (χ0) is 22.8. The Morgan fingerprint density at radius 1 is 1.24 bits per heavy atom. The van der Waals surface area contributed by atoms with Crippen LogP contribution in [0.2, 0.25) is 4.34 Å². The molecule has 0 atom stereocenters. The van der Waals surface area contributed by atoms with Gasteiger partial charge in [0.15, 0.2) is 5.76 Å². The summed E-state index contributed by atoms with van der Waals surface area (Å²) in [6.45, 7) is 5.60. The molecular formula is C24H25ClN4O3S. The van der Waals surface area contributed by atoms with E-state index >= 15 is 0 Å². The SMILES string of the molecule is CCN1CCC(NC(=O)Oc2cc3ccccc3n2Cc2cc(-c3ccc(Cl)s3)on2)CC1. The first kappa shape index (κ1) is 22.0. The lowest BCUT2D eigenvalue weighted by Crippen LogP contribution is -2.45. The number of halogens is 1. The van der Waals surface area contributed by atoms with Crippen LogP contribution in [-0.4, -0.2) is 46.4 Å². The molecule has 0 saturated carbocycles. The number of thiophene rings is 1. The molecule has 0 unspecified atom stereocenters. The predicted octanol–water partition coefficient (Wildman–Crippen LogP) is 5.63. The van der Waals surface area contributed by atoms with Crippen LogP contribution in [0, 0.1) is 0 Å². The van der Waals surface area contributed by atoms with E-state index in [1.807, 2.05) is 53.1 Å². The van der Waals surface area contributed by atoms with Crippen molar-refractivity contribution in [1.82, 2.24) is 19.9 Å². The van der Waals surface area contributed by atoms with Gasteiger partial charge in [0.05, 0.1) is 21.3 Å². The minimum atomic E-state index is -0.428. The van der Waals surface area contributed by atoms with E-state index in [1.54, 1.807) is 0 Å². The lowest BCUT2D eigenvalue weighted by atomic mass is 10.1. The van der Waals surface area contributed by atoms with Crippen molar-refractivity contribution in [3.8, 4) is 16.5 Å². The summed E-state index contributed by atoms with van der Waals surface area (Å²) in [6.07, 6.45) is 1.43. The highest BCUT2D eigenvalue weighted by atomic mass is 35.5. The van der Waals surface area contributed by atoms with Gasteiger partial charge in [0, 0.05) is 36.7 Å². The standard InChI is InChI=1S/C24H25ClN4O3S/c1-2-28-11-9-17(10-12-28)26-24(30)31-23-13-16-5-3-4-6-19(16)29(23)15-18-14-20(32-27-18)21-7-8-22(25)33-21/h3-8,13-14,17H,2,9-12,15H2,1H3,(H,26,30). The molecule has 0 bridgehead atoms. The molecule has 9 heteroatoms. The molecule has 1 N–H and O–H groups in total. The minimum absolute atomic E-state index is 0.133. The molecule has 0 spiro atoms. The van der Waals surface area contributed by atoms with Crippen molar-refractivity contribution < 1.29 is 14.1 Å². The van der Waals surface area contributed by atoms with Crippen LogP contribution in [0.5, 0.6) is 5.88 Å². The summed E-state index contributed by atoms with van der Waals surface area (Å²) in [7, 11) is 0. The van der Waals surface area contributed by atoms with Crippen LogP contribution in [0.25, 0.3) is 21.5 Å². The summed E-state index contributed by atoms with van der Waals surface area (Å²) in [5, 5.41) is 8.24. The van der Waals surface area contributed by atoms with Gasteiger partial charge in [-0.15, -0.1) is 11.3 Å². The van der Waals surface area contributed by atoms with Gasteiger partial charge < -0.3 is 24.0 Å². The van der Waals surface area contributed by atoms with Gasteiger partial charge in [-0.25, -0.2) is 4.79 Å². The molecule has 172 valence electrons. The number of para-hydroxylation sites is 1. The quantitative estimate of drug-likeness (QED) is 0.384. The Morgan fingerprint density at radius 3 is 2.82 bits per heavy atom. The normalized spacial score (nSPS) is 15.2. The van der Waals surface area contributed by atoms with E-state index in [0.29, 0.717) is 22.5 Å². The first-order chi connectivity index (χ1) is 16.1. The fourth-order valence-corrected chi connectivity index (χ4v) is 5.22. The number of amides is 1. The number of piperidine rings is 1. The number of fused-ring (bicyclic) bond motifs is 1. The lowest BCUT2D eigenvalue weighted by molar-refractivity contribution is 0.173. The molecule has 5 rings (SSSR count). The second-order valence-corrected chi connectivity index (χ2v) is 9.87. The van der Waals surface area contributed by atoms with Crippen molar-refractivity contribution in [2.24, 2.45) is 0 Å². The molecular weight excluding hydrogens is 460 g/mol. The van der Waals surface area contributed by atoms with Gasteiger partial charge >= 0.3 is 6.09 Å². The van der Waals surface area contributed by atoms with E-state index in [1.165, 1.54) is 11.3 Å². The van der Waals surface area contributed by atoms with E-state index < -0.39 is 6.09 Å². The number of likely N-dealkylation sites (tertiary alicyclic amines) is 1. The predicted molar refractivity (Wildman–Crippen MR) is 130 cm³/mol. The maximum absolute atomic E-state index is 12.7. The van der Waals surface area contributed by atoms with Crippen LogP contribution < -0.4 is 10.1 Å². The molecule has 1 fully saturated rings. The van der Waals surface area contributed by atoms with Gasteiger partial charge in [0.1, 0.15) is 5.69 Å². The van der Waals surface area contributed by atoms with Crippen LogP contribution in [-0.2, 0) is 6.54 Å². The number of hydrogen-bond acceptors (Lipinski definition) is 6. The zero-order valence-electron chi connectivity index (χ0n) is 18.3. The zero-order valence-corrected chi connectivity index (χ0v) is 19.9. The molecule has 1 aliphatic heterocycles. The fraction of sp³-hybridized carbons (Fsp3) is 0.333. The van der Waals surface area contributed by atoms with E-state index in [4.69, 9.17) is 20.9 Å². The topological polar surface area (TPSA) is 72.5 Å². The number of rotatable bonds is 6. The number of ether oxygens (including phenoxy) is 1. The molecule has 0 radical (unpaired) electrons. The largest absolute Gasteiger partial charge is 0.414 e. The first-order valence-electron chi connectivity index (χ1n) is 11.1. The second-order valence-electron chi connectivity index (χ2n) is 8.16. The molecule has 1 saturated heterocycles. The Balaban J connectivity index is 1.33. The highest BCUT2D eigenvalue weighted by molar-refractivity contribution is 7.19. The van der Waals surface area contributed by atoms with Gasteiger partial charge in [0.25, 0.3) is 0 Å². The highest BCUT2D eigenvalue weighted by Crippen LogP contribution is 2.32. The molecule has 33 heavy (non-hydrogen) atoms. The molecule has 3 aromatic heterocycles. The smallest absolute Gasteiger partial charge is 0.393 e. The van der Waals surface area contributed by atoms with Gasteiger partial charge in [0.2, 0.25) is 5.88 Å². The van der Waals surface area contributed by atoms with Crippen molar-refractivity contribution in [3.05, 3.63) is 58.6 Å². The molecule has 1 amide bonds. The van der Waals surface area contributed by atoms with Crippen LogP contribution in [0.15, 0.2) is 53.1 Å². The summed E-state index contributed by atoms with van der Waals surface area (Å²) in [6, 6.07) is 15.6. The Kier molecular flexibility index (Phi) is 6.39. The monoisotopic (exact) mass is 484 g/mol. The summed E-state index contributed by atoms with van der Waals surface area (Å²) in [4.78, 5) is 16.0. The summed E-state index contributed by atoms with van der Waals surface area (Å²) >= 11 is 7.49. The number of carbonyl (C=O) groups is 1. The molecule has 4 aromatic rings. The second kappa shape index (κ2) is 9.59. The van der Waals surface area contributed by atoms with Crippen LogP contribution in [0.3, 0.4) is 0 Å². The number of carbonyl (C=O) groups excluding carboxylic acids is 1. The third-order valence-corrected chi connectivity index (χ3v) is 7.27. The maximum atomic E-state index is 12.7. The molecule has 1 aromatic carbocycles. The fourth-order valence-electron chi connectivity index (χ4n) is 4.23. The van der Waals surface area contributed by atoms with E-state index in [-0.39, 0.29) is 6.04 Å². The van der Waals surface area contributed by atoms with Crippen molar-refractivity contribution in [1.29, 1.82) is 0 Å². The minimum Gasteiger partial charge on any atom is -0.393 e. The Labute approximate surface area is 200 Å². The third kappa shape index (κ3) is 4.93. The average molecular weight is 485 g/mol. The van der Waals surface area contributed by atoms with Crippen LogP contribution in [0.1, 0.15) is 25.5 Å². The van der Waals surface area contributed by atoms with Gasteiger partial charge in [-0.1, -0.05) is 41.9 Å². The molecule has 7 nitrogen and oxygen atoms in total. The van der Waals surface area contributed by atoms with Gasteiger partial charge in [-0.05, 0) is 37.6 Å². The van der Waals surface area contributed by atoms with Crippen molar-refractivity contribution in [2.45, 2.75) is 32.4 Å². The lowest BCUT2D eigenvalue weighted by Gasteiger charge is -2.31. The number of nitrogens with zero attached hydrogens (tertiary/aromatic N) is 3. The van der Waals surface area contributed by atoms with Crippen molar-refractivity contribution >= 4 is 39.9 Å². The van der Waals surface area contributed by atoms with Crippen molar-refractivity contribution in [2.75, 3.05) is 19.6 Å². The van der Waals surface area contributed by atoms with E-state index in [2.05, 4.69) is 22.3 Å². The summed E-state index contributed by atoms with van der Waals surface area (Å²) in [5.74, 6) is 1.14. The third-order valence-electron chi connectivity index (χ3n) is 6.02. The molecule has 0 aliphatic carbocycles. The van der Waals surface area contributed by atoms with Gasteiger partial charge in [-0.3, -0.25) is 0 Å². The first-order valence-corrected chi connectivity index (χ1v) is 12.3. The molecule has 4 heterocycles. The number of benzene rings is 1. The van der Waals surface area contributed by atoms with Crippen LogP contribution in [0.4, 0.5) is 4.79 Å². The van der Waals surface area contributed by atoms with E-state index in [9.17, 15) is 4.79 Å². The van der Waals surface area contributed by atoms with Crippen LogP contribution >= 0.6 is 22.9 Å². The number of nitrogens with one attached hydrogen (secondary N) is 1. The summed E-state index contributed by atoms with van der Waals surface area (Å²) < 4.78 is 13.9. The van der Waals surface area contributed by atoms with E-state index in [0.717, 1.165) is 53.9 Å².